The molecule has 0 spiro atoms. The minimum atomic E-state index is -0.360. The normalized spacial score (nSPS) is 11.1. The second kappa shape index (κ2) is 4.10. The Hall–Kier alpha value is -1.87. The number of benzene rings is 2. The van der Waals surface area contributed by atoms with E-state index in [-0.39, 0.29) is 5.82 Å². The van der Waals surface area contributed by atoms with E-state index in [0.717, 1.165) is 11.0 Å². The van der Waals surface area contributed by atoms with Crippen LogP contribution in [0.4, 0.5) is 4.39 Å². The van der Waals surface area contributed by atoms with Crippen molar-refractivity contribution in [3.63, 3.8) is 0 Å². The number of hydrogen-bond acceptors (Lipinski definition) is 1. The SMILES string of the molecule is Cn1c(-c2c(F)cccc2Cl)nc2ccccc21. The quantitative estimate of drug-likeness (QED) is 0.646. The van der Waals surface area contributed by atoms with Gasteiger partial charge >= 0.3 is 0 Å². The molecule has 0 fully saturated rings. The molecule has 0 amide bonds. The Morgan fingerprint density at radius 1 is 1.11 bits per heavy atom. The van der Waals surface area contributed by atoms with Crippen molar-refractivity contribution in [1.82, 2.24) is 9.55 Å². The molecule has 3 aromatic rings. The predicted octanol–water partition coefficient (Wildman–Crippen LogP) is 4.03. The second-order valence-corrected chi connectivity index (χ2v) is 4.49. The largest absolute Gasteiger partial charge is 0.327 e. The molecule has 2 aromatic carbocycles. The van der Waals surface area contributed by atoms with Crippen molar-refractivity contribution in [3.05, 3.63) is 53.3 Å². The Balaban J connectivity index is 2.36. The van der Waals surface area contributed by atoms with Crippen molar-refractivity contribution in [1.29, 1.82) is 0 Å². The molecule has 90 valence electrons. The Morgan fingerprint density at radius 3 is 2.61 bits per heavy atom. The number of aryl methyl sites for hydroxylation is 1. The fraction of sp³-hybridized carbons (Fsp3) is 0.0714. The first kappa shape index (κ1) is 11.2. The van der Waals surface area contributed by atoms with Gasteiger partial charge in [-0.3, -0.25) is 0 Å². The summed E-state index contributed by atoms with van der Waals surface area (Å²) in [6, 6.07) is 12.3. The maximum absolute atomic E-state index is 13.9. The summed E-state index contributed by atoms with van der Waals surface area (Å²) in [5.41, 5.74) is 2.12. The summed E-state index contributed by atoms with van der Waals surface area (Å²) in [6.45, 7) is 0. The molecule has 0 saturated heterocycles. The number of aromatic nitrogens is 2. The van der Waals surface area contributed by atoms with E-state index in [9.17, 15) is 4.39 Å². The predicted molar refractivity (Wildman–Crippen MR) is 71.1 cm³/mol. The third-order valence-electron chi connectivity index (χ3n) is 2.97. The van der Waals surface area contributed by atoms with Gasteiger partial charge in [-0.05, 0) is 24.3 Å². The summed E-state index contributed by atoms with van der Waals surface area (Å²) in [5.74, 6) is 0.181. The highest BCUT2D eigenvalue weighted by Gasteiger charge is 2.16. The summed E-state index contributed by atoms with van der Waals surface area (Å²) in [7, 11) is 1.85. The molecule has 0 unspecified atom stereocenters. The van der Waals surface area contributed by atoms with E-state index in [2.05, 4.69) is 4.98 Å². The zero-order chi connectivity index (χ0) is 12.7. The van der Waals surface area contributed by atoms with Crippen LogP contribution in [0.3, 0.4) is 0 Å². The van der Waals surface area contributed by atoms with Crippen LogP contribution in [0.2, 0.25) is 5.02 Å². The lowest BCUT2D eigenvalue weighted by atomic mass is 10.2. The van der Waals surface area contributed by atoms with Crippen LogP contribution in [0.25, 0.3) is 22.4 Å². The lowest BCUT2D eigenvalue weighted by Gasteiger charge is -2.05. The van der Waals surface area contributed by atoms with Gasteiger partial charge in [0.05, 0.1) is 21.6 Å². The summed E-state index contributed by atoms with van der Waals surface area (Å²) in [5, 5.41) is 0.369. The van der Waals surface area contributed by atoms with Gasteiger partial charge in [-0.2, -0.15) is 0 Å². The van der Waals surface area contributed by atoms with Gasteiger partial charge in [-0.1, -0.05) is 29.8 Å². The number of imidazole rings is 1. The van der Waals surface area contributed by atoms with Gasteiger partial charge in [-0.15, -0.1) is 0 Å². The van der Waals surface area contributed by atoms with Crippen molar-refractivity contribution in [2.75, 3.05) is 0 Å². The van der Waals surface area contributed by atoms with Gasteiger partial charge in [0.1, 0.15) is 11.6 Å². The Bertz CT molecular complexity index is 713. The topological polar surface area (TPSA) is 17.8 Å². The van der Waals surface area contributed by atoms with Crippen molar-refractivity contribution in [2.45, 2.75) is 0 Å². The van der Waals surface area contributed by atoms with Crippen LogP contribution in [0.1, 0.15) is 0 Å². The van der Waals surface area contributed by atoms with Crippen LogP contribution < -0.4 is 0 Å². The van der Waals surface area contributed by atoms with Crippen LogP contribution in [-0.4, -0.2) is 9.55 Å². The number of fused-ring (bicyclic) bond motifs is 1. The molecule has 18 heavy (non-hydrogen) atoms. The molecule has 1 heterocycles. The average molecular weight is 261 g/mol. The Kier molecular flexibility index (Phi) is 2.56. The fourth-order valence-electron chi connectivity index (χ4n) is 2.08. The van der Waals surface area contributed by atoms with Gasteiger partial charge in [0.15, 0.2) is 0 Å². The fourth-order valence-corrected chi connectivity index (χ4v) is 2.33. The summed E-state index contributed by atoms with van der Waals surface area (Å²) in [6.07, 6.45) is 0. The minimum absolute atomic E-state index is 0.345. The molecule has 0 atom stereocenters. The van der Waals surface area contributed by atoms with E-state index in [1.54, 1.807) is 12.1 Å². The van der Waals surface area contributed by atoms with Crippen LogP contribution in [0.15, 0.2) is 42.5 Å². The molecule has 0 radical (unpaired) electrons. The van der Waals surface area contributed by atoms with Gasteiger partial charge in [0, 0.05) is 7.05 Å². The van der Waals surface area contributed by atoms with Crippen LogP contribution in [0, 0.1) is 5.82 Å². The first-order valence-corrected chi connectivity index (χ1v) is 5.92. The standard InChI is InChI=1S/C14H10ClFN2/c1-18-12-8-3-2-7-11(12)17-14(18)13-9(15)5-4-6-10(13)16/h2-8H,1H3. The summed E-state index contributed by atoms with van der Waals surface area (Å²) in [4.78, 5) is 4.44. The smallest absolute Gasteiger partial charge is 0.145 e. The monoisotopic (exact) mass is 260 g/mol. The first-order chi connectivity index (χ1) is 8.68. The van der Waals surface area contributed by atoms with E-state index in [1.165, 1.54) is 6.07 Å². The van der Waals surface area contributed by atoms with Crippen LogP contribution >= 0.6 is 11.6 Å². The molecule has 0 aliphatic carbocycles. The molecule has 4 heteroatoms. The summed E-state index contributed by atoms with van der Waals surface area (Å²) < 4.78 is 15.8. The van der Waals surface area contributed by atoms with Gasteiger partial charge in [0.2, 0.25) is 0 Å². The second-order valence-electron chi connectivity index (χ2n) is 4.08. The first-order valence-electron chi connectivity index (χ1n) is 5.54. The lowest BCUT2D eigenvalue weighted by molar-refractivity contribution is 0.629. The molecule has 0 saturated carbocycles. The number of hydrogen-bond donors (Lipinski definition) is 0. The molecular formula is C14H10ClFN2. The lowest BCUT2D eigenvalue weighted by Crippen LogP contribution is -1.95. The molecular weight excluding hydrogens is 251 g/mol. The molecule has 0 bridgehead atoms. The maximum Gasteiger partial charge on any atom is 0.145 e. The van der Waals surface area contributed by atoms with Crippen molar-refractivity contribution in [2.24, 2.45) is 7.05 Å². The van der Waals surface area contributed by atoms with E-state index < -0.39 is 0 Å². The molecule has 3 rings (SSSR count). The number of nitrogens with zero attached hydrogens (tertiary/aromatic N) is 2. The van der Waals surface area contributed by atoms with E-state index >= 15 is 0 Å². The third-order valence-corrected chi connectivity index (χ3v) is 3.29. The van der Waals surface area contributed by atoms with E-state index in [4.69, 9.17) is 11.6 Å². The highest BCUT2D eigenvalue weighted by Crippen LogP contribution is 2.31. The van der Waals surface area contributed by atoms with Gasteiger partial charge < -0.3 is 4.57 Å². The molecule has 0 N–H and O–H groups in total. The molecule has 0 aliphatic rings. The zero-order valence-electron chi connectivity index (χ0n) is 9.69. The summed E-state index contributed by atoms with van der Waals surface area (Å²) >= 11 is 6.07. The van der Waals surface area contributed by atoms with Crippen LogP contribution in [-0.2, 0) is 7.05 Å². The molecule has 0 aliphatic heterocycles. The number of rotatable bonds is 1. The van der Waals surface area contributed by atoms with Gasteiger partial charge in [0.25, 0.3) is 0 Å². The minimum Gasteiger partial charge on any atom is -0.327 e. The molecule has 2 nitrogen and oxygen atoms in total. The Morgan fingerprint density at radius 2 is 1.89 bits per heavy atom. The van der Waals surface area contributed by atoms with Crippen LogP contribution in [0.5, 0.6) is 0 Å². The van der Waals surface area contributed by atoms with Crippen molar-refractivity contribution >= 4 is 22.6 Å². The van der Waals surface area contributed by atoms with Crippen molar-refractivity contribution in [3.8, 4) is 11.4 Å². The molecule has 1 aromatic heterocycles. The number of para-hydroxylation sites is 2. The number of halogens is 2. The van der Waals surface area contributed by atoms with Gasteiger partial charge in [-0.25, -0.2) is 9.37 Å². The third kappa shape index (κ3) is 1.59. The Labute approximate surface area is 109 Å². The highest BCUT2D eigenvalue weighted by atomic mass is 35.5. The highest BCUT2D eigenvalue weighted by molar-refractivity contribution is 6.33. The van der Waals surface area contributed by atoms with Crippen molar-refractivity contribution < 1.29 is 4.39 Å². The van der Waals surface area contributed by atoms with E-state index in [0.29, 0.717) is 16.4 Å². The average Bonchev–Trinajstić information content (AvgIpc) is 2.68. The van der Waals surface area contributed by atoms with E-state index in [1.807, 2.05) is 35.9 Å². The zero-order valence-corrected chi connectivity index (χ0v) is 10.4. The maximum atomic E-state index is 13.9.